The van der Waals surface area contributed by atoms with Crippen molar-refractivity contribution in [1.82, 2.24) is 19.3 Å². The number of β-amino-alcohol motifs (C(OH)–C–C–N with tert-alkyl or cyclic N) is 1. The van der Waals surface area contributed by atoms with Crippen LogP contribution in [0.2, 0.25) is 0 Å². The van der Waals surface area contributed by atoms with E-state index in [0.717, 1.165) is 36.1 Å². The number of allylic oxidation sites excluding steroid dienone is 1. The molecule has 45 heavy (non-hydrogen) atoms. The molecule has 0 radical (unpaired) electrons. The van der Waals surface area contributed by atoms with Gasteiger partial charge in [-0.05, 0) is 45.8 Å². The van der Waals surface area contributed by atoms with Gasteiger partial charge in [0, 0.05) is 101 Å². The normalized spacial score (nSPS) is 17.0. The first-order valence-electron chi connectivity index (χ1n) is 15.3. The number of hydrogen-bond donors (Lipinski definition) is 1. The first-order valence-corrected chi connectivity index (χ1v) is 15.3. The average molecular weight is 639 g/mol. The minimum atomic E-state index is -4.98. The van der Waals surface area contributed by atoms with Crippen molar-refractivity contribution in [3.8, 4) is 0 Å². The lowest BCUT2D eigenvalue weighted by atomic mass is 9.91. The Kier molecular flexibility index (Phi) is 13.6. The number of aromatic nitrogens is 1. The van der Waals surface area contributed by atoms with Crippen LogP contribution in [0, 0.1) is 10.1 Å². The minimum absolute atomic E-state index is 0.134. The molecule has 1 aromatic heterocycles. The van der Waals surface area contributed by atoms with Crippen molar-refractivity contribution in [1.29, 1.82) is 0 Å². The number of alkyl halides is 3. The molecule has 1 saturated heterocycles. The van der Waals surface area contributed by atoms with E-state index in [-0.39, 0.29) is 47.9 Å². The Hall–Kier alpha value is -3.42. The van der Waals surface area contributed by atoms with Crippen molar-refractivity contribution in [3.05, 3.63) is 64.1 Å². The first-order chi connectivity index (χ1) is 21.1. The zero-order valence-corrected chi connectivity index (χ0v) is 27.8. The van der Waals surface area contributed by atoms with E-state index < -0.39 is 23.2 Å². The monoisotopic (exact) mass is 638 g/mol. The Morgan fingerprint density at radius 2 is 1.87 bits per heavy atom. The van der Waals surface area contributed by atoms with Crippen LogP contribution in [-0.4, -0.2) is 101 Å². The number of non-ortho nitro benzene ring substituents is 1. The first kappa shape index (κ1) is 37.8. The second kappa shape index (κ2) is 16.2. The average Bonchev–Trinajstić information content (AvgIpc) is 3.41. The standard InChI is InChI=1S/C30H43F3N6O4.C2H6/c1-8-37-19-27(26-10-9-25(39(41)42)17-28(26)37)29(40,30(31,32)33)20-36-13-15-38(16-14-36)23(4)21(2)18-34-24(5)35(6)12-11-22(3)43-7;1-2/h9-10,17-19,22,40H,4,8,11-16,20H2,1-3,5-7H3;1-2H3/b21-18+,34-24?;. The molecule has 0 saturated carbocycles. The van der Waals surface area contributed by atoms with Gasteiger partial charge >= 0.3 is 6.18 Å². The maximum absolute atomic E-state index is 14.6. The number of rotatable bonds is 12. The predicted octanol–water partition coefficient (Wildman–Crippen LogP) is 6.16. The Morgan fingerprint density at radius 3 is 2.40 bits per heavy atom. The summed E-state index contributed by atoms with van der Waals surface area (Å²) in [5.41, 5.74) is -1.85. The van der Waals surface area contributed by atoms with Crippen LogP contribution in [0.4, 0.5) is 18.9 Å². The molecule has 252 valence electrons. The number of fused-ring (bicyclic) bond motifs is 1. The van der Waals surface area contributed by atoms with E-state index in [1.807, 2.05) is 51.5 Å². The van der Waals surface area contributed by atoms with Crippen molar-refractivity contribution in [2.24, 2.45) is 4.99 Å². The second-order valence-electron chi connectivity index (χ2n) is 11.1. The van der Waals surface area contributed by atoms with Crippen LogP contribution in [0.1, 0.15) is 53.5 Å². The van der Waals surface area contributed by atoms with Crippen LogP contribution in [0.15, 0.2) is 53.4 Å². The maximum atomic E-state index is 14.6. The molecule has 0 amide bonds. The summed E-state index contributed by atoms with van der Waals surface area (Å²) in [6, 6.07) is 3.68. The number of nitro groups is 1. The van der Waals surface area contributed by atoms with Gasteiger partial charge in [0.2, 0.25) is 5.60 Å². The fraction of sp³-hybridized carbons (Fsp3) is 0.594. The Morgan fingerprint density at radius 1 is 1.24 bits per heavy atom. The summed E-state index contributed by atoms with van der Waals surface area (Å²) >= 11 is 0. The van der Waals surface area contributed by atoms with Gasteiger partial charge < -0.3 is 24.2 Å². The van der Waals surface area contributed by atoms with Gasteiger partial charge in [-0.3, -0.25) is 15.0 Å². The number of methoxy groups -OCH3 is 1. The van der Waals surface area contributed by atoms with Crippen molar-refractivity contribution < 1.29 is 27.9 Å². The van der Waals surface area contributed by atoms with E-state index in [9.17, 15) is 28.4 Å². The molecule has 0 bridgehead atoms. The highest BCUT2D eigenvalue weighted by Gasteiger charge is 2.57. The van der Waals surface area contributed by atoms with Gasteiger partial charge in [-0.25, -0.2) is 4.99 Å². The van der Waals surface area contributed by atoms with E-state index in [1.165, 1.54) is 22.9 Å². The van der Waals surface area contributed by atoms with Gasteiger partial charge in [0.25, 0.3) is 5.69 Å². The third kappa shape index (κ3) is 9.08. The molecule has 10 nitrogen and oxygen atoms in total. The van der Waals surface area contributed by atoms with Gasteiger partial charge in [-0.1, -0.05) is 20.4 Å². The zero-order valence-electron chi connectivity index (χ0n) is 27.8. The molecular weight excluding hydrogens is 589 g/mol. The summed E-state index contributed by atoms with van der Waals surface area (Å²) in [6.07, 6.45) is -0.958. The molecular formula is C32H49F3N6O4. The van der Waals surface area contributed by atoms with E-state index in [1.54, 1.807) is 25.1 Å². The predicted molar refractivity (Wildman–Crippen MR) is 173 cm³/mol. The summed E-state index contributed by atoms with van der Waals surface area (Å²) in [7, 11) is 3.65. The number of benzene rings is 1. The van der Waals surface area contributed by atoms with Crippen LogP contribution in [-0.2, 0) is 16.9 Å². The zero-order chi connectivity index (χ0) is 34.1. The topological polar surface area (TPSA) is 99.6 Å². The Bertz CT molecular complexity index is 1360. The molecule has 1 N–H and O–H groups in total. The van der Waals surface area contributed by atoms with Gasteiger partial charge in [-0.15, -0.1) is 0 Å². The van der Waals surface area contributed by atoms with Crippen LogP contribution < -0.4 is 0 Å². The summed E-state index contributed by atoms with van der Waals surface area (Å²) in [4.78, 5) is 20.9. The van der Waals surface area contributed by atoms with E-state index in [4.69, 9.17) is 4.74 Å². The lowest BCUT2D eigenvalue weighted by Gasteiger charge is -2.41. The van der Waals surface area contributed by atoms with Gasteiger partial charge in [0.1, 0.15) is 5.84 Å². The molecule has 3 rings (SSSR count). The molecule has 2 aromatic rings. The molecule has 13 heteroatoms. The second-order valence-corrected chi connectivity index (χ2v) is 11.1. The number of ether oxygens (including phenoxy) is 1. The van der Waals surface area contributed by atoms with Crippen LogP contribution in [0.5, 0.6) is 0 Å². The molecule has 1 fully saturated rings. The van der Waals surface area contributed by atoms with Crippen molar-refractivity contribution in [3.63, 3.8) is 0 Å². The number of nitro benzene ring substituents is 1. The van der Waals surface area contributed by atoms with Crippen molar-refractivity contribution in [2.45, 2.75) is 72.4 Å². The quantitative estimate of drug-likeness (QED) is 0.0978. The molecule has 2 unspecified atom stereocenters. The summed E-state index contributed by atoms with van der Waals surface area (Å²) in [5, 5.41) is 22.7. The Balaban J connectivity index is 0.00000345. The highest BCUT2D eigenvalue weighted by Crippen LogP contribution is 2.44. The number of halogens is 3. The lowest BCUT2D eigenvalue weighted by Crippen LogP contribution is -2.55. The third-order valence-corrected chi connectivity index (χ3v) is 8.26. The summed E-state index contributed by atoms with van der Waals surface area (Å²) < 4.78 is 50.5. The van der Waals surface area contributed by atoms with E-state index in [0.29, 0.717) is 13.1 Å². The van der Waals surface area contributed by atoms with Crippen molar-refractivity contribution >= 4 is 22.4 Å². The highest BCUT2D eigenvalue weighted by atomic mass is 19.4. The number of aryl methyl sites for hydroxylation is 1. The van der Waals surface area contributed by atoms with Crippen LogP contribution in [0.3, 0.4) is 0 Å². The smallest absolute Gasteiger partial charge is 0.382 e. The number of aliphatic imine (C=N–C) groups is 1. The third-order valence-electron chi connectivity index (χ3n) is 8.26. The molecule has 2 atom stereocenters. The van der Waals surface area contributed by atoms with Crippen LogP contribution in [0.25, 0.3) is 10.9 Å². The molecule has 1 aliphatic heterocycles. The van der Waals surface area contributed by atoms with Crippen molar-refractivity contribution in [2.75, 3.05) is 53.4 Å². The molecule has 1 aliphatic rings. The molecule has 1 aromatic carbocycles. The minimum Gasteiger partial charge on any atom is -0.382 e. The number of amidine groups is 1. The fourth-order valence-corrected chi connectivity index (χ4v) is 5.08. The number of nitrogens with zero attached hydrogens (tertiary/aromatic N) is 6. The highest BCUT2D eigenvalue weighted by molar-refractivity contribution is 5.87. The lowest BCUT2D eigenvalue weighted by molar-refractivity contribution is -0.384. The molecule has 2 heterocycles. The van der Waals surface area contributed by atoms with E-state index >= 15 is 0 Å². The Labute approximate surface area is 264 Å². The van der Waals surface area contributed by atoms with E-state index in [2.05, 4.69) is 11.6 Å². The summed E-state index contributed by atoms with van der Waals surface area (Å²) in [6.45, 7) is 17.6. The number of aliphatic hydroxyl groups is 1. The fourth-order valence-electron chi connectivity index (χ4n) is 5.08. The number of hydrogen-bond acceptors (Lipinski definition) is 7. The van der Waals surface area contributed by atoms with Gasteiger partial charge in [0.15, 0.2) is 0 Å². The summed E-state index contributed by atoms with van der Waals surface area (Å²) in [5.74, 6) is 0.839. The number of piperazine rings is 1. The SMILES string of the molecule is C=C(/C(C)=C/N=C(C)N(C)CCC(C)OC)N1CCN(CC(O)(c2cn(CC)c3cc([N+](=O)[O-])ccc23)C(F)(F)F)CC1.CC. The van der Waals surface area contributed by atoms with Gasteiger partial charge in [0.05, 0.1) is 16.5 Å². The molecule has 0 aliphatic carbocycles. The maximum Gasteiger partial charge on any atom is 0.422 e. The van der Waals surface area contributed by atoms with Crippen LogP contribution >= 0.6 is 0 Å². The largest absolute Gasteiger partial charge is 0.422 e. The molecule has 0 spiro atoms. The van der Waals surface area contributed by atoms with Gasteiger partial charge in [-0.2, -0.15) is 13.2 Å².